The lowest BCUT2D eigenvalue weighted by Crippen LogP contribution is -2.35. The Bertz CT molecular complexity index is 906. The van der Waals surface area contributed by atoms with Crippen LogP contribution < -0.4 is 10.1 Å². The molecule has 0 saturated heterocycles. The summed E-state index contributed by atoms with van der Waals surface area (Å²) >= 11 is 0. The Morgan fingerprint density at radius 3 is 2.15 bits per heavy atom. The summed E-state index contributed by atoms with van der Waals surface area (Å²) in [7, 11) is -2.52. The van der Waals surface area contributed by atoms with Gasteiger partial charge in [0.1, 0.15) is 5.75 Å². The molecule has 0 aliphatic rings. The van der Waals surface area contributed by atoms with Gasteiger partial charge in [0, 0.05) is 18.3 Å². The standard InChI is InChI=1S/C19H22N2O5S/c1-4-26-17-9-7-16(8-10-17)20-19(23)13-21(3)27(24,25)18-11-5-15(6-12-18)14(2)22/h5-12H,4,13H2,1-3H3,(H,20,23). The van der Waals surface area contributed by atoms with E-state index in [4.69, 9.17) is 4.74 Å². The van der Waals surface area contributed by atoms with Gasteiger partial charge in [0.25, 0.3) is 0 Å². The first-order valence-electron chi connectivity index (χ1n) is 8.34. The van der Waals surface area contributed by atoms with Crippen molar-refractivity contribution in [3.63, 3.8) is 0 Å². The molecule has 1 amide bonds. The summed E-state index contributed by atoms with van der Waals surface area (Å²) in [5.74, 6) is 0.0665. The van der Waals surface area contributed by atoms with Crippen LogP contribution in [0.1, 0.15) is 24.2 Å². The number of likely N-dealkylation sites (N-methyl/N-ethyl adjacent to an activating group) is 1. The Kier molecular flexibility index (Phi) is 6.70. The number of carbonyl (C=O) groups is 2. The number of rotatable bonds is 8. The van der Waals surface area contributed by atoms with Crippen molar-refractivity contribution in [3.05, 3.63) is 54.1 Å². The molecule has 0 spiro atoms. The number of Topliss-reactive ketones (excluding diaryl/α,β-unsaturated/α-hetero) is 1. The van der Waals surface area contributed by atoms with Gasteiger partial charge in [0.2, 0.25) is 15.9 Å². The van der Waals surface area contributed by atoms with Gasteiger partial charge in [-0.15, -0.1) is 0 Å². The molecule has 0 aliphatic carbocycles. The van der Waals surface area contributed by atoms with Crippen LogP contribution in [0.3, 0.4) is 0 Å². The van der Waals surface area contributed by atoms with Crippen molar-refractivity contribution in [3.8, 4) is 5.75 Å². The highest BCUT2D eigenvalue weighted by molar-refractivity contribution is 7.89. The number of nitrogens with zero attached hydrogens (tertiary/aromatic N) is 1. The summed E-state index contributed by atoms with van der Waals surface area (Å²) in [6.45, 7) is 3.48. The van der Waals surface area contributed by atoms with E-state index in [9.17, 15) is 18.0 Å². The zero-order valence-corrected chi connectivity index (χ0v) is 16.2. The maximum absolute atomic E-state index is 12.6. The summed E-state index contributed by atoms with van der Waals surface area (Å²) in [6.07, 6.45) is 0. The average molecular weight is 390 g/mol. The van der Waals surface area contributed by atoms with Crippen LogP contribution in [0.2, 0.25) is 0 Å². The first kappa shape index (κ1) is 20.6. The summed E-state index contributed by atoms with van der Waals surface area (Å²) in [5, 5.41) is 2.64. The second-order valence-electron chi connectivity index (χ2n) is 5.85. The van der Waals surface area contributed by atoms with Crippen LogP contribution in [-0.2, 0) is 14.8 Å². The molecule has 0 fully saturated rings. The number of hydrogen-bond acceptors (Lipinski definition) is 5. The van der Waals surface area contributed by atoms with Crippen LogP contribution in [0.5, 0.6) is 5.75 Å². The molecule has 0 saturated carbocycles. The fourth-order valence-corrected chi connectivity index (χ4v) is 3.46. The molecule has 27 heavy (non-hydrogen) atoms. The van der Waals surface area contributed by atoms with E-state index >= 15 is 0 Å². The summed E-state index contributed by atoms with van der Waals surface area (Å²) in [4.78, 5) is 23.5. The van der Waals surface area contributed by atoms with Crippen molar-refractivity contribution in [1.82, 2.24) is 4.31 Å². The highest BCUT2D eigenvalue weighted by Gasteiger charge is 2.23. The largest absolute Gasteiger partial charge is 0.494 e. The minimum atomic E-state index is -3.84. The molecule has 0 aromatic heterocycles. The lowest BCUT2D eigenvalue weighted by atomic mass is 10.2. The summed E-state index contributed by atoms with van der Waals surface area (Å²) in [5.41, 5.74) is 0.963. The number of nitrogens with one attached hydrogen (secondary N) is 1. The van der Waals surface area contributed by atoms with Gasteiger partial charge in [-0.1, -0.05) is 12.1 Å². The van der Waals surface area contributed by atoms with Crippen molar-refractivity contribution < 1.29 is 22.7 Å². The molecule has 0 aliphatic heterocycles. The molecule has 144 valence electrons. The van der Waals surface area contributed by atoms with Gasteiger partial charge in [-0.25, -0.2) is 8.42 Å². The van der Waals surface area contributed by atoms with Crippen molar-refractivity contribution in [1.29, 1.82) is 0 Å². The highest BCUT2D eigenvalue weighted by atomic mass is 32.2. The molecule has 0 heterocycles. The van der Waals surface area contributed by atoms with Crippen LogP contribution in [0, 0.1) is 0 Å². The number of anilines is 1. The first-order chi connectivity index (χ1) is 12.7. The molecule has 1 N–H and O–H groups in total. The lowest BCUT2D eigenvalue weighted by Gasteiger charge is -2.17. The van der Waals surface area contributed by atoms with Crippen LogP contribution in [0.25, 0.3) is 0 Å². The van der Waals surface area contributed by atoms with E-state index in [1.54, 1.807) is 24.3 Å². The van der Waals surface area contributed by atoms with E-state index < -0.39 is 15.9 Å². The van der Waals surface area contributed by atoms with Gasteiger partial charge < -0.3 is 10.1 Å². The van der Waals surface area contributed by atoms with Gasteiger partial charge in [0.05, 0.1) is 18.0 Å². The molecule has 0 atom stereocenters. The molecular weight excluding hydrogens is 368 g/mol. The molecule has 8 heteroatoms. The molecule has 2 aromatic rings. The summed E-state index contributed by atoms with van der Waals surface area (Å²) < 4.78 is 31.4. The van der Waals surface area contributed by atoms with E-state index in [1.807, 2.05) is 6.92 Å². The minimum Gasteiger partial charge on any atom is -0.494 e. The minimum absolute atomic E-state index is 0.0175. The third kappa shape index (κ3) is 5.38. The number of hydrogen-bond donors (Lipinski definition) is 1. The van der Waals surface area contributed by atoms with Crippen molar-refractivity contribution in [2.45, 2.75) is 18.7 Å². The van der Waals surface area contributed by atoms with Crippen molar-refractivity contribution >= 4 is 27.4 Å². The number of amides is 1. The lowest BCUT2D eigenvalue weighted by molar-refractivity contribution is -0.116. The first-order valence-corrected chi connectivity index (χ1v) is 9.78. The van der Waals surface area contributed by atoms with Gasteiger partial charge >= 0.3 is 0 Å². The molecule has 2 rings (SSSR count). The van der Waals surface area contributed by atoms with Crippen LogP contribution in [0.4, 0.5) is 5.69 Å². The number of sulfonamides is 1. The number of ketones is 1. The second-order valence-corrected chi connectivity index (χ2v) is 7.89. The van der Waals surface area contributed by atoms with Gasteiger partial charge in [0.15, 0.2) is 5.78 Å². The maximum Gasteiger partial charge on any atom is 0.243 e. The Labute approximate surface area is 159 Å². The fourth-order valence-electron chi connectivity index (χ4n) is 2.33. The van der Waals surface area contributed by atoms with E-state index in [1.165, 1.54) is 38.2 Å². The van der Waals surface area contributed by atoms with Gasteiger partial charge in [-0.3, -0.25) is 9.59 Å². The predicted octanol–water partition coefficient (Wildman–Crippen LogP) is 2.55. The zero-order chi connectivity index (χ0) is 20.0. The molecule has 7 nitrogen and oxygen atoms in total. The number of benzene rings is 2. The molecule has 0 radical (unpaired) electrons. The Morgan fingerprint density at radius 1 is 1.04 bits per heavy atom. The SMILES string of the molecule is CCOc1ccc(NC(=O)CN(C)S(=O)(=O)c2ccc(C(C)=O)cc2)cc1. The highest BCUT2D eigenvalue weighted by Crippen LogP contribution is 2.17. The van der Waals surface area contributed by atoms with Crippen molar-refractivity contribution in [2.75, 3.05) is 25.5 Å². The Hall–Kier alpha value is -2.71. The van der Waals surface area contributed by atoms with Crippen LogP contribution >= 0.6 is 0 Å². The van der Waals surface area contributed by atoms with Gasteiger partial charge in [-0.05, 0) is 50.2 Å². The molecule has 0 bridgehead atoms. The normalized spacial score (nSPS) is 11.3. The van der Waals surface area contributed by atoms with E-state index in [0.29, 0.717) is 23.6 Å². The quantitative estimate of drug-likeness (QED) is 0.699. The summed E-state index contributed by atoms with van der Waals surface area (Å²) in [6, 6.07) is 12.4. The Balaban J connectivity index is 2.02. The fraction of sp³-hybridized carbons (Fsp3) is 0.263. The maximum atomic E-state index is 12.6. The van der Waals surface area contributed by atoms with E-state index in [0.717, 1.165) is 4.31 Å². The van der Waals surface area contributed by atoms with E-state index in [2.05, 4.69) is 5.32 Å². The monoisotopic (exact) mass is 390 g/mol. The van der Waals surface area contributed by atoms with Gasteiger partial charge in [-0.2, -0.15) is 4.31 Å². The smallest absolute Gasteiger partial charge is 0.243 e. The Morgan fingerprint density at radius 2 is 1.63 bits per heavy atom. The second kappa shape index (κ2) is 8.79. The average Bonchev–Trinajstić information content (AvgIpc) is 2.63. The zero-order valence-electron chi connectivity index (χ0n) is 15.4. The van der Waals surface area contributed by atoms with E-state index in [-0.39, 0.29) is 17.2 Å². The molecular formula is C19H22N2O5S. The third-order valence-electron chi connectivity index (χ3n) is 3.78. The molecule has 0 unspecified atom stereocenters. The number of carbonyl (C=O) groups excluding carboxylic acids is 2. The molecule has 2 aromatic carbocycles. The van der Waals surface area contributed by atoms with Crippen LogP contribution in [0.15, 0.2) is 53.4 Å². The number of ether oxygens (including phenoxy) is 1. The third-order valence-corrected chi connectivity index (χ3v) is 5.60. The predicted molar refractivity (Wildman–Crippen MR) is 103 cm³/mol. The van der Waals surface area contributed by atoms with Crippen molar-refractivity contribution in [2.24, 2.45) is 0 Å². The topological polar surface area (TPSA) is 92.8 Å². The van der Waals surface area contributed by atoms with Crippen LogP contribution in [-0.4, -0.2) is 44.6 Å².